The van der Waals surface area contributed by atoms with Gasteiger partial charge in [-0.25, -0.2) is 10.1 Å². The third kappa shape index (κ3) is 3.58. The third-order valence-corrected chi connectivity index (χ3v) is 4.96. The van der Waals surface area contributed by atoms with Crippen molar-refractivity contribution in [3.05, 3.63) is 38.6 Å². The van der Waals surface area contributed by atoms with E-state index in [4.69, 9.17) is 0 Å². The number of aromatic amines is 1. The SMILES string of the molecule is Cc1ncsc1C(=O)NCC1CCCCN1c1ccc(=O)[nH]n1. The molecule has 23 heavy (non-hydrogen) atoms. The van der Waals surface area contributed by atoms with E-state index in [2.05, 4.69) is 25.4 Å². The lowest BCUT2D eigenvalue weighted by atomic mass is 10.0. The highest BCUT2D eigenvalue weighted by molar-refractivity contribution is 7.11. The Morgan fingerprint density at radius 1 is 1.48 bits per heavy atom. The van der Waals surface area contributed by atoms with Crippen molar-refractivity contribution in [2.75, 3.05) is 18.0 Å². The fraction of sp³-hybridized carbons (Fsp3) is 0.467. The van der Waals surface area contributed by atoms with Crippen molar-refractivity contribution in [1.29, 1.82) is 0 Å². The number of nitrogens with zero attached hydrogens (tertiary/aromatic N) is 3. The number of carbonyl (C=O) groups excluding carboxylic acids is 1. The van der Waals surface area contributed by atoms with Crippen LogP contribution in [0.5, 0.6) is 0 Å². The summed E-state index contributed by atoms with van der Waals surface area (Å²) in [7, 11) is 0. The first-order valence-corrected chi connectivity index (χ1v) is 8.54. The molecule has 0 aromatic carbocycles. The quantitative estimate of drug-likeness (QED) is 0.881. The minimum absolute atomic E-state index is 0.0787. The molecule has 1 unspecified atom stereocenters. The Hall–Kier alpha value is -2.22. The van der Waals surface area contributed by atoms with Crippen LogP contribution in [0.3, 0.4) is 0 Å². The Balaban J connectivity index is 1.67. The van der Waals surface area contributed by atoms with E-state index in [0.29, 0.717) is 11.4 Å². The van der Waals surface area contributed by atoms with E-state index in [1.54, 1.807) is 11.6 Å². The molecule has 0 spiro atoms. The van der Waals surface area contributed by atoms with Gasteiger partial charge in [-0.2, -0.15) is 5.10 Å². The fourth-order valence-corrected chi connectivity index (χ4v) is 3.54. The van der Waals surface area contributed by atoms with Gasteiger partial charge < -0.3 is 10.2 Å². The van der Waals surface area contributed by atoms with Crippen molar-refractivity contribution in [1.82, 2.24) is 20.5 Å². The van der Waals surface area contributed by atoms with Crippen molar-refractivity contribution >= 4 is 23.1 Å². The Labute approximate surface area is 137 Å². The summed E-state index contributed by atoms with van der Waals surface area (Å²) in [6.45, 7) is 3.26. The first-order valence-electron chi connectivity index (χ1n) is 7.66. The van der Waals surface area contributed by atoms with Crippen LogP contribution in [-0.2, 0) is 0 Å². The van der Waals surface area contributed by atoms with Gasteiger partial charge in [-0.3, -0.25) is 9.59 Å². The lowest BCUT2D eigenvalue weighted by Crippen LogP contribution is -2.47. The summed E-state index contributed by atoms with van der Waals surface area (Å²) in [5, 5.41) is 9.58. The van der Waals surface area contributed by atoms with Gasteiger partial charge in [-0.1, -0.05) is 0 Å². The number of thiazole rings is 1. The molecule has 122 valence electrons. The lowest BCUT2D eigenvalue weighted by molar-refractivity contribution is 0.0953. The first kappa shape index (κ1) is 15.7. The summed E-state index contributed by atoms with van der Waals surface area (Å²) < 4.78 is 0. The molecule has 2 aromatic heterocycles. The average molecular weight is 333 g/mol. The topological polar surface area (TPSA) is 91.0 Å². The highest BCUT2D eigenvalue weighted by Gasteiger charge is 2.24. The maximum atomic E-state index is 12.2. The normalized spacial score (nSPS) is 18.0. The van der Waals surface area contributed by atoms with E-state index in [-0.39, 0.29) is 17.5 Å². The molecule has 1 fully saturated rings. The predicted octanol–water partition coefficient (Wildman–Crippen LogP) is 1.32. The highest BCUT2D eigenvalue weighted by atomic mass is 32.1. The van der Waals surface area contributed by atoms with Gasteiger partial charge in [0.15, 0.2) is 0 Å². The van der Waals surface area contributed by atoms with Gasteiger partial charge in [0.05, 0.1) is 11.2 Å². The number of hydrogen-bond acceptors (Lipinski definition) is 6. The smallest absolute Gasteiger partial charge is 0.264 e. The summed E-state index contributed by atoms with van der Waals surface area (Å²) in [6, 6.07) is 3.39. The van der Waals surface area contributed by atoms with Gasteiger partial charge in [-0.05, 0) is 32.3 Å². The monoisotopic (exact) mass is 333 g/mol. The zero-order valence-electron chi connectivity index (χ0n) is 12.9. The molecule has 1 atom stereocenters. The van der Waals surface area contributed by atoms with Gasteiger partial charge in [-0.15, -0.1) is 11.3 Å². The summed E-state index contributed by atoms with van der Waals surface area (Å²) in [5.74, 6) is 0.669. The van der Waals surface area contributed by atoms with Crippen LogP contribution in [0.2, 0.25) is 0 Å². The molecule has 1 amide bonds. The molecule has 7 nitrogen and oxygen atoms in total. The number of carbonyl (C=O) groups is 1. The minimum Gasteiger partial charge on any atom is -0.350 e. The number of H-pyrrole nitrogens is 1. The van der Waals surface area contributed by atoms with E-state index >= 15 is 0 Å². The number of piperidine rings is 1. The molecule has 8 heteroatoms. The molecular formula is C15H19N5O2S. The molecule has 2 aromatic rings. The molecule has 0 aliphatic carbocycles. The standard InChI is InChI=1S/C15H19N5O2S/c1-10-14(23-9-17-10)15(22)16-8-11-4-2-3-7-20(11)12-5-6-13(21)19-18-12/h5-6,9,11H,2-4,7-8H2,1H3,(H,16,22)(H,19,21). The predicted molar refractivity (Wildman–Crippen MR) is 89.0 cm³/mol. The van der Waals surface area contributed by atoms with Gasteiger partial charge in [0.2, 0.25) is 0 Å². The van der Waals surface area contributed by atoms with E-state index < -0.39 is 0 Å². The minimum atomic E-state index is -0.212. The van der Waals surface area contributed by atoms with Crippen LogP contribution in [0.25, 0.3) is 0 Å². The van der Waals surface area contributed by atoms with Crippen LogP contribution in [0.15, 0.2) is 22.4 Å². The van der Waals surface area contributed by atoms with E-state index in [1.165, 1.54) is 17.4 Å². The van der Waals surface area contributed by atoms with Crippen molar-refractivity contribution in [3.8, 4) is 0 Å². The van der Waals surface area contributed by atoms with Gasteiger partial charge in [0, 0.05) is 25.2 Å². The number of aryl methyl sites for hydroxylation is 1. The maximum Gasteiger partial charge on any atom is 0.264 e. The van der Waals surface area contributed by atoms with Crippen LogP contribution in [0, 0.1) is 6.92 Å². The molecule has 0 bridgehead atoms. The molecule has 2 N–H and O–H groups in total. The van der Waals surface area contributed by atoms with Crippen LogP contribution < -0.4 is 15.8 Å². The van der Waals surface area contributed by atoms with E-state index in [0.717, 1.165) is 37.3 Å². The van der Waals surface area contributed by atoms with Crippen LogP contribution in [0.4, 0.5) is 5.82 Å². The lowest BCUT2D eigenvalue weighted by Gasteiger charge is -2.36. The van der Waals surface area contributed by atoms with Crippen LogP contribution >= 0.6 is 11.3 Å². The second-order valence-corrected chi connectivity index (χ2v) is 6.45. The Morgan fingerprint density at radius 2 is 2.35 bits per heavy atom. The number of hydrogen-bond donors (Lipinski definition) is 2. The van der Waals surface area contributed by atoms with Gasteiger partial charge in [0.25, 0.3) is 11.5 Å². The largest absolute Gasteiger partial charge is 0.350 e. The molecule has 3 heterocycles. The molecule has 1 aliphatic heterocycles. The average Bonchev–Trinajstić information content (AvgIpc) is 3.00. The highest BCUT2D eigenvalue weighted by Crippen LogP contribution is 2.22. The van der Waals surface area contributed by atoms with E-state index in [1.807, 2.05) is 6.92 Å². The van der Waals surface area contributed by atoms with Crippen LogP contribution in [0.1, 0.15) is 34.6 Å². The Bertz CT molecular complexity index is 721. The molecule has 3 rings (SSSR count). The zero-order valence-corrected chi connectivity index (χ0v) is 13.7. The maximum absolute atomic E-state index is 12.2. The molecule has 0 saturated carbocycles. The number of nitrogens with one attached hydrogen (secondary N) is 2. The molecular weight excluding hydrogens is 314 g/mol. The zero-order chi connectivity index (χ0) is 16.2. The summed E-state index contributed by atoms with van der Waals surface area (Å²) in [6.07, 6.45) is 3.20. The summed E-state index contributed by atoms with van der Waals surface area (Å²) >= 11 is 1.35. The van der Waals surface area contributed by atoms with Crippen molar-refractivity contribution in [2.24, 2.45) is 0 Å². The van der Waals surface area contributed by atoms with Crippen LogP contribution in [-0.4, -0.2) is 40.2 Å². The Kier molecular flexibility index (Phi) is 4.71. The number of anilines is 1. The second-order valence-electron chi connectivity index (χ2n) is 5.60. The number of aromatic nitrogens is 3. The molecule has 1 saturated heterocycles. The number of amides is 1. The summed E-state index contributed by atoms with van der Waals surface area (Å²) in [5.41, 5.74) is 2.23. The third-order valence-electron chi connectivity index (χ3n) is 4.04. The van der Waals surface area contributed by atoms with Crippen molar-refractivity contribution in [3.63, 3.8) is 0 Å². The number of rotatable bonds is 4. The summed E-state index contributed by atoms with van der Waals surface area (Å²) in [4.78, 5) is 30.3. The van der Waals surface area contributed by atoms with Crippen molar-refractivity contribution in [2.45, 2.75) is 32.2 Å². The second kappa shape index (κ2) is 6.91. The van der Waals surface area contributed by atoms with Crippen molar-refractivity contribution < 1.29 is 4.79 Å². The fourth-order valence-electron chi connectivity index (χ4n) is 2.82. The first-order chi connectivity index (χ1) is 11.1. The van der Waals surface area contributed by atoms with E-state index in [9.17, 15) is 9.59 Å². The van der Waals surface area contributed by atoms with Gasteiger partial charge in [0.1, 0.15) is 10.7 Å². The molecule has 1 aliphatic rings. The Morgan fingerprint density at radius 3 is 3.04 bits per heavy atom. The molecule has 0 radical (unpaired) electrons. The van der Waals surface area contributed by atoms with Gasteiger partial charge >= 0.3 is 0 Å².